The number of carbonyl (C=O) groups is 1. The lowest BCUT2D eigenvalue weighted by Crippen LogP contribution is -2.35. The van der Waals surface area contributed by atoms with E-state index in [-0.39, 0.29) is 0 Å². The Balaban J connectivity index is 1.95. The SMILES string of the molecule is CN(C)c1ccccc1CN1CCCC(CCC(=O)O)C1. The van der Waals surface area contributed by atoms with Crippen LogP contribution in [0, 0.1) is 5.92 Å². The van der Waals surface area contributed by atoms with Gasteiger partial charge in [-0.15, -0.1) is 0 Å². The molecule has 0 aromatic heterocycles. The van der Waals surface area contributed by atoms with Gasteiger partial charge in [0.2, 0.25) is 0 Å². The molecule has 1 aromatic carbocycles. The molecule has 1 unspecified atom stereocenters. The van der Waals surface area contributed by atoms with Crippen LogP contribution in [0.5, 0.6) is 0 Å². The number of rotatable bonds is 6. The fraction of sp³-hybridized carbons (Fsp3) is 0.588. The number of benzene rings is 1. The molecule has 1 N–H and O–H groups in total. The van der Waals surface area contributed by atoms with Gasteiger partial charge in [0.05, 0.1) is 0 Å². The van der Waals surface area contributed by atoms with E-state index in [1.54, 1.807) is 0 Å². The lowest BCUT2D eigenvalue weighted by atomic mass is 9.93. The van der Waals surface area contributed by atoms with Crippen molar-refractivity contribution in [3.63, 3.8) is 0 Å². The minimum Gasteiger partial charge on any atom is -0.481 e. The lowest BCUT2D eigenvalue weighted by Gasteiger charge is -2.33. The maximum absolute atomic E-state index is 10.7. The molecule has 2 rings (SSSR count). The summed E-state index contributed by atoms with van der Waals surface area (Å²) in [6, 6.07) is 8.51. The summed E-state index contributed by atoms with van der Waals surface area (Å²) in [4.78, 5) is 15.3. The Hall–Kier alpha value is -1.55. The zero-order valence-electron chi connectivity index (χ0n) is 13.1. The van der Waals surface area contributed by atoms with Crippen LogP contribution in [0.25, 0.3) is 0 Å². The summed E-state index contributed by atoms with van der Waals surface area (Å²) in [6.45, 7) is 3.10. The van der Waals surface area contributed by atoms with Crippen molar-refractivity contribution in [2.45, 2.75) is 32.2 Å². The zero-order chi connectivity index (χ0) is 15.2. The number of para-hydroxylation sites is 1. The molecule has 1 saturated heterocycles. The molecule has 1 aliphatic heterocycles. The Labute approximate surface area is 127 Å². The zero-order valence-corrected chi connectivity index (χ0v) is 13.1. The summed E-state index contributed by atoms with van der Waals surface area (Å²) < 4.78 is 0. The highest BCUT2D eigenvalue weighted by Gasteiger charge is 2.21. The van der Waals surface area contributed by atoms with Crippen LogP contribution >= 0.6 is 0 Å². The second-order valence-electron chi connectivity index (χ2n) is 6.20. The highest BCUT2D eigenvalue weighted by atomic mass is 16.4. The molecule has 1 heterocycles. The van der Waals surface area contributed by atoms with E-state index in [2.05, 4.69) is 48.2 Å². The van der Waals surface area contributed by atoms with Gasteiger partial charge in [-0.2, -0.15) is 0 Å². The Morgan fingerprint density at radius 3 is 2.86 bits per heavy atom. The largest absolute Gasteiger partial charge is 0.481 e. The number of carboxylic acid groups (broad SMARTS) is 1. The third-order valence-corrected chi connectivity index (χ3v) is 4.24. The van der Waals surface area contributed by atoms with E-state index in [9.17, 15) is 4.79 Å². The number of hydrogen-bond acceptors (Lipinski definition) is 3. The first-order chi connectivity index (χ1) is 10.1. The van der Waals surface area contributed by atoms with Gasteiger partial charge >= 0.3 is 5.97 Å². The summed E-state index contributed by atoms with van der Waals surface area (Å²) in [5.74, 6) is -0.147. The Kier molecular flexibility index (Phi) is 5.62. The number of nitrogens with zero attached hydrogens (tertiary/aromatic N) is 2. The maximum atomic E-state index is 10.7. The average Bonchev–Trinajstić information content (AvgIpc) is 2.46. The van der Waals surface area contributed by atoms with Crippen molar-refractivity contribution in [1.82, 2.24) is 4.90 Å². The number of hydrogen-bond donors (Lipinski definition) is 1. The molecule has 1 aliphatic rings. The van der Waals surface area contributed by atoms with Crippen LogP contribution < -0.4 is 4.90 Å². The smallest absolute Gasteiger partial charge is 0.303 e. The number of likely N-dealkylation sites (tertiary alicyclic amines) is 1. The molecule has 4 heteroatoms. The first-order valence-electron chi connectivity index (χ1n) is 7.75. The summed E-state index contributed by atoms with van der Waals surface area (Å²) >= 11 is 0. The fourth-order valence-electron chi connectivity index (χ4n) is 3.18. The number of piperidine rings is 1. The van der Waals surface area contributed by atoms with E-state index >= 15 is 0 Å². The number of aliphatic carboxylic acids is 1. The van der Waals surface area contributed by atoms with Crippen molar-refractivity contribution in [2.24, 2.45) is 5.92 Å². The van der Waals surface area contributed by atoms with Crippen LogP contribution in [0.1, 0.15) is 31.2 Å². The average molecular weight is 290 g/mol. The van der Waals surface area contributed by atoms with Gasteiger partial charge in [0.1, 0.15) is 0 Å². The summed E-state index contributed by atoms with van der Waals surface area (Å²) in [6.07, 6.45) is 3.45. The second-order valence-corrected chi connectivity index (χ2v) is 6.20. The van der Waals surface area contributed by atoms with E-state index in [4.69, 9.17) is 5.11 Å². The molecule has 0 spiro atoms. The third-order valence-electron chi connectivity index (χ3n) is 4.24. The summed E-state index contributed by atoms with van der Waals surface area (Å²) in [5.41, 5.74) is 2.62. The Bertz CT molecular complexity index is 474. The van der Waals surface area contributed by atoms with Crippen LogP contribution in [0.2, 0.25) is 0 Å². The van der Waals surface area contributed by atoms with Gasteiger partial charge in [-0.25, -0.2) is 0 Å². The van der Waals surface area contributed by atoms with Gasteiger partial charge in [-0.1, -0.05) is 18.2 Å². The Morgan fingerprint density at radius 2 is 2.14 bits per heavy atom. The molecular formula is C17H26N2O2. The van der Waals surface area contributed by atoms with Gasteiger partial charge in [-0.05, 0) is 43.4 Å². The molecule has 0 aliphatic carbocycles. The molecular weight excluding hydrogens is 264 g/mol. The molecule has 0 bridgehead atoms. The molecule has 1 aromatic rings. The second kappa shape index (κ2) is 7.46. The topological polar surface area (TPSA) is 43.8 Å². The molecule has 0 amide bonds. The molecule has 1 fully saturated rings. The van der Waals surface area contributed by atoms with Crippen LogP contribution in [0.4, 0.5) is 5.69 Å². The summed E-state index contributed by atoms with van der Waals surface area (Å²) in [5, 5.41) is 8.82. The minimum absolute atomic E-state index is 0.298. The van der Waals surface area contributed by atoms with E-state index in [0.717, 1.165) is 26.1 Å². The van der Waals surface area contributed by atoms with E-state index < -0.39 is 5.97 Å². The highest BCUT2D eigenvalue weighted by Crippen LogP contribution is 2.25. The molecule has 1 atom stereocenters. The van der Waals surface area contributed by atoms with Gasteiger partial charge < -0.3 is 10.0 Å². The highest BCUT2D eigenvalue weighted by molar-refractivity contribution is 5.66. The number of carboxylic acids is 1. The molecule has 0 radical (unpaired) electrons. The Morgan fingerprint density at radius 1 is 1.38 bits per heavy atom. The molecule has 0 saturated carbocycles. The van der Waals surface area contributed by atoms with Gasteiger partial charge in [0, 0.05) is 39.3 Å². The standard InChI is InChI=1S/C17H26N2O2/c1-18(2)16-8-4-3-7-15(16)13-19-11-5-6-14(12-19)9-10-17(20)21/h3-4,7-8,14H,5-6,9-13H2,1-2H3,(H,20,21). The van der Waals surface area contributed by atoms with Gasteiger partial charge in [0.15, 0.2) is 0 Å². The van der Waals surface area contributed by atoms with E-state index in [1.807, 2.05) is 0 Å². The lowest BCUT2D eigenvalue weighted by molar-refractivity contribution is -0.137. The molecule has 116 valence electrons. The van der Waals surface area contributed by atoms with Crippen molar-refractivity contribution in [2.75, 3.05) is 32.1 Å². The predicted octanol–water partition coefficient (Wildman–Crippen LogP) is 2.83. The van der Waals surface area contributed by atoms with Crippen LogP contribution in [-0.4, -0.2) is 43.2 Å². The van der Waals surface area contributed by atoms with E-state index in [1.165, 1.54) is 24.1 Å². The fourth-order valence-corrected chi connectivity index (χ4v) is 3.18. The normalized spacial score (nSPS) is 19.4. The number of anilines is 1. The third kappa shape index (κ3) is 4.74. The van der Waals surface area contributed by atoms with Crippen molar-refractivity contribution >= 4 is 11.7 Å². The van der Waals surface area contributed by atoms with Gasteiger partial charge in [-0.3, -0.25) is 9.69 Å². The molecule has 21 heavy (non-hydrogen) atoms. The first kappa shape index (κ1) is 15.8. The molecule has 4 nitrogen and oxygen atoms in total. The van der Waals surface area contributed by atoms with Crippen molar-refractivity contribution < 1.29 is 9.90 Å². The monoisotopic (exact) mass is 290 g/mol. The summed E-state index contributed by atoms with van der Waals surface area (Å²) in [7, 11) is 4.15. The minimum atomic E-state index is -0.676. The van der Waals surface area contributed by atoms with Crippen LogP contribution in [0.15, 0.2) is 24.3 Å². The van der Waals surface area contributed by atoms with Crippen molar-refractivity contribution in [1.29, 1.82) is 0 Å². The van der Waals surface area contributed by atoms with Crippen molar-refractivity contribution in [3.8, 4) is 0 Å². The first-order valence-corrected chi connectivity index (χ1v) is 7.75. The maximum Gasteiger partial charge on any atom is 0.303 e. The quantitative estimate of drug-likeness (QED) is 0.875. The van der Waals surface area contributed by atoms with E-state index in [0.29, 0.717) is 12.3 Å². The van der Waals surface area contributed by atoms with Crippen LogP contribution in [0.3, 0.4) is 0 Å². The predicted molar refractivity (Wildman–Crippen MR) is 85.6 cm³/mol. The van der Waals surface area contributed by atoms with Crippen molar-refractivity contribution in [3.05, 3.63) is 29.8 Å². The van der Waals surface area contributed by atoms with Crippen LogP contribution in [-0.2, 0) is 11.3 Å². The van der Waals surface area contributed by atoms with Gasteiger partial charge in [0.25, 0.3) is 0 Å².